The average molecular weight is 238 g/mol. The first-order chi connectivity index (χ1) is 7.75. The third-order valence-electron chi connectivity index (χ3n) is 1.70. The number of nitrogens with zero attached hydrogens (tertiary/aromatic N) is 2. The Balaban J connectivity index is 1.93. The van der Waals surface area contributed by atoms with Crippen molar-refractivity contribution in [3.63, 3.8) is 0 Å². The van der Waals surface area contributed by atoms with Crippen LogP contribution in [0.25, 0.3) is 0 Å². The van der Waals surface area contributed by atoms with Crippen LogP contribution in [0, 0.1) is 5.13 Å². The Labute approximate surface area is 94.0 Å². The fourth-order valence-corrected chi connectivity index (χ4v) is 1.60. The van der Waals surface area contributed by atoms with Crippen LogP contribution in [-0.2, 0) is 0 Å². The number of amides is 1. The van der Waals surface area contributed by atoms with Gasteiger partial charge in [-0.1, -0.05) is 0 Å². The van der Waals surface area contributed by atoms with Gasteiger partial charge >= 0.3 is 0 Å². The summed E-state index contributed by atoms with van der Waals surface area (Å²) in [6.45, 7) is 0. The third kappa shape index (κ3) is 2.51. The molecule has 0 fully saturated rings. The molecule has 0 saturated heterocycles. The SMILES string of the molecule is O=C(N/N=C/c1ccc(F)s1)c1ccn[nH]1. The third-order valence-corrected chi connectivity index (χ3v) is 2.51. The van der Waals surface area contributed by atoms with Crippen LogP contribution in [0.15, 0.2) is 29.5 Å². The number of carbonyl (C=O) groups excluding carboxylic acids is 1. The van der Waals surface area contributed by atoms with E-state index in [2.05, 4.69) is 20.7 Å². The summed E-state index contributed by atoms with van der Waals surface area (Å²) in [6.07, 6.45) is 2.84. The Morgan fingerprint density at radius 3 is 3.06 bits per heavy atom. The minimum atomic E-state index is -0.397. The van der Waals surface area contributed by atoms with E-state index in [9.17, 15) is 9.18 Å². The summed E-state index contributed by atoms with van der Waals surface area (Å²) in [5.41, 5.74) is 2.60. The van der Waals surface area contributed by atoms with Crippen LogP contribution in [0.3, 0.4) is 0 Å². The summed E-state index contributed by atoms with van der Waals surface area (Å²) < 4.78 is 12.6. The zero-order chi connectivity index (χ0) is 11.4. The lowest BCUT2D eigenvalue weighted by Gasteiger charge is -1.93. The smallest absolute Gasteiger partial charge is 0.273 e. The number of hydrogen-bond acceptors (Lipinski definition) is 4. The first-order valence-electron chi connectivity index (χ1n) is 4.34. The maximum absolute atomic E-state index is 12.6. The van der Waals surface area contributed by atoms with Crippen molar-refractivity contribution in [2.45, 2.75) is 0 Å². The van der Waals surface area contributed by atoms with Crippen molar-refractivity contribution in [3.05, 3.63) is 40.1 Å². The minimum absolute atomic E-state index is 0.290. The van der Waals surface area contributed by atoms with Gasteiger partial charge in [-0.05, 0) is 18.2 Å². The molecule has 0 unspecified atom stereocenters. The standard InChI is InChI=1S/C9H7FN4OS/c10-8-2-1-6(16-8)5-12-14-9(15)7-3-4-11-13-7/h1-5H,(H,11,13)(H,14,15)/b12-5+. The summed E-state index contributed by atoms with van der Waals surface area (Å²) >= 11 is 0.949. The molecule has 0 bridgehead atoms. The van der Waals surface area contributed by atoms with E-state index in [1.807, 2.05) is 0 Å². The maximum atomic E-state index is 12.6. The number of H-pyrrole nitrogens is 1. The summed E-state index contributed by atoms with van der Waals surface area (Å²) in [5, 5.41) is 9.52. The number of nitrogens with one attached hydrogen (secondary N) is 2. The van der Waals surface area contributed by atoms with E-state index in [4.69, 9.17) is 0 Å². The van der Waals surface area contributed by atoms with E-state index < -0.39 is 5.91 Å². The highest BCUT2D eigenvalue weighted by molar-refractivity contribution is 7.12. The van der Waals surface area contributed by atoms with E-state index in [0.29, 0.717) is 10.6 Å². The number of carbonyl (C=O) groups is 1. The van der Waals surface area contributed by atoms with Gasteiger partial charge in [0, 0.05) is 6.20 Å². The molecule has 2 aromatic heterocycles. The normalized spacial score (nSPS) is 10.8. The fourth-order valence-electron chi connectivity index (χ4n) is 0.995. The Morgan fingerprint density at radius 2 is 2.44 bits per heavy atom. The van der Waals surface area contributed by atoms with Crippen molar-refractivity contribution < 1.29 is 9.18 Å². The Kier molecular flexibility index (Phi) is 3.06. The number of hydrogen-bond donors (Lipinski definition) is 2. The lowest BCUT2D eigenvalue weighted by atomic mass is 10.4. The van der Waals surface area contributed by atoms with Gasteiger partial charge in [-0.2, -0.15) is 14.6 Å². The van der Waals surface area contributed by atoms with E-state index in [0.717, 1.165) is 11.3 Å². The second-order valence-corrected chi connectivity index (χ2v) is 3.88. The molecule has 0 saturated carbocycles. The van der Waals surface area contributed by atoms with Crippen LogP contribution < -0.4 is 5.43 Å². The predicted molar refractivity (Wildman–Crippen MR) is 57.9 cm³/mol. The van der Waals surface area contributed by atoms with Crippen molar-refractivity contribution in [2.24, 2.45) is 5.10 Å². The molecule has 7 heteroatoms. The van der Waals surface area contributed by atoms with Crippen molar-refractivity contribution >= 4 is 23.5 Å². The molecule has 5 nitrogen and oxygen atoms in total. The van der Waals surface area contributed by atoms with Crippen molar-refractivity contribution in [3.8, 4) is 0 Å². The predicted octanol–water partition coefficient (Wildman–Crippen LogP) is 1.37. The average Bonchev–Trinajstić information content (AvgIpc) is 2.89. The lowest BCUT2D eigenvalue weighted by Crippen LogP contribution is -2.17. The zero-order valence-electron chi connectivity index (χ0n) is 7.98. The van der Waals surface area contributed by atoms with Crippen molar-refractivity contribution in [1.29, 1.82) is 0 Å². The highest BCUT2D eigenvalue weighted by Gasteiger charge is 2.03. The van der Waals surface area contributed by atoms with Crippen LogP contribution in [0.1, 0.15) is 15.4 Å². The fraction of sp³-hybridized carbons (Fsp3) is 0. The molecule has 2 rings (SSSR count). The summed E-state index contributed by atoms with van der Waals surface area (Å²) in [5.74, 6) is -0.397. The molecule has 2 N–H and O–H groups in total. The van der Waals surface area contributed by atoms with E-state index in [1.54, 1.807) is 6.07 Å². The summed E-state index contributed by atoms with van der Waals surface area (Å²) in [7, 11) is 0. The molecule has 0 spiro atoms. The number of aromatic nitrogens is 2. The number of halogens is 1. The summed E-state index contributed by atoms with van der Waals surface area (Å²) in [4.78, 5) is 12.0. The monoisotopic (exact) mass is 238 g/mol. The first kappa shape index (κ1) is 10.5. The van der Waals surface area contributed by atoms with Crippen LogP contribution in [-0.4, -0.2) is 22.3 Å². The second kappa shape index (κ2) is 4.67. The Hall–Kier alpha value is -2.02. The Bertz CT molecular complexity index is 505. The largest absolute Gasteiger partial charge is 0.289 e. The molecular weight excluding hydrogens is 231 g/mol. The molecule has 82 valence electrons. The quantitative estimate of drug-likeness (QED) is 0.626. The van der Waals surface area contributed by atoms with Gasteiger partial charge in [0.1, 0.15) is 5.69 Å². The first-order valence-corrected chi connectivity index (χ1v) is 5.15. The van der Waals surface area contributed by atoms with Crippen molar-refractivity contribution in [1.82, 2.24) is 15.6 Å². The Morgan fingerprint density at radius 1 is 1.56 bits per heavy atom. The van der Waals surface area contributed by atoms with E-state index in [-0.39, 0.29) is 5.13 Å². The van der Waals surface area contributed by atoms with Gasteiger partial charge in [0.25, 0.3) is 5.91 Å². The van der Waals surface area contributed by atoms with Gasteiger partial charge < -0.3 is 0 Å². The molecule has 0 aliphatic rings. The van der Waals surface area contributed by atoms with Gasteiger partial charge in [-0.3, -0.25) is 9.89 Å². The molecule has 2 heterocycles. The number of hydrazone groups is 1. The topological polar surface area (TPSA) is 70.1 Å². The van der Waals surface area contributed by atoms with Gasteiger partial charge in [-0.25, -0.2) is 5.43 Å². The van der Waals surface area contributed by atoms with Crippen LogP contribution in [0.4, 0.5) is 4.39 Å². The molecule has 0 atom stereocenters. The molecule has 1 amide bonds. The number of rotatable bonds is 3. The van der Waals surface area contributed by atoms with E-state index in [1.165, 1.54) is 24.5 Å². The highest BCUT2D eigenvalue weighted by atomic mass is 32.1. The van der Waals surface area contributed by atoms with Crippen LogP contribution >= 0.6 is 11.3 Å². The van der Waals surface area contributed by atoms with Gasteiger partial charge in [0.05, 0.1) is 11.1 Å². The van der Waals surface area contributed by atoms with Gasteiger partial charge in [-0.15, -0.1) is 11.3 Å². The molecule has 2 aromatic rings. The molecular formula is C9H7FN4OS. The highest BCUT2D eigenvalue weighted by Crippen LogP contribution is 2.11. The second-order valence-electron chi connectivity index (χ2n) is 2.81. The molecule has 16 heavy (non-hydrogen) atoms. The van der Waals surface area contributed by atoms with Crippen LogP contribution in [0.5, 0.6) is 0 Å². The van der Waals surface area contributed by atoms with Crippen molar-refractivity contribution in [2.75, 3.05) is 0 Å². The molecule has 0 aliphatic carbocycles. The van der Waals surface area contributed by atoms with Gasteiger partial charge in [0.2, 0.25) is 0 Å². The minimum Gasteiger partial charge on any atom is -0.273 e. The van der Waals surface area contributed by atoms with E-state index >= 15 is 0 Å². The molecule has 0 aliphatic heterocycles. The summed E-state index contributed by atoms with van der Waals surface area (Å²) in [6, 6.07) is 4.43. The zero-order valence-corrected chi connectivity index (χ0v) is 8.79. The maximum Gasteiger partial charge on any atom is 0.289 e. The van der Waals surface area contributed by atoms with Gasteiger partial charge in [0.15, 0.2) is 5.13 Å². The molecule has 0 aromatic carbocycles. The number of aromatic amines is 1. The molecule has 0 radical (unpaired) electrons. The van der Waals surface area contributed by atoms with Crippen LogP contribution in [0.2, 0.25) is 0 Å². The number of thiophene rings is 1. The lowest BCUT2D eigenvalue weighted by molar-refractivity contribution is 0.0950.